The lowest BCUT2D eigenvalue weighted by Crippen LogP contribution is -2.44. The molecule has 3 N–H and O–H groups in total. The Morgan fingerprint density at radius 3 is 2.50 bits per heavy atom. The highest BCUT2D eigenvalue weighted by atomic mass is 19.1. The normalized spacial score (nSPS) is 12.6. The summed E-state index contributed by atoms with van der Waals surface area (Å²) in [5.41, 5.74) is -0.682. The number of benzene rings is 1. The van der Waals surface area contributed by atoms with Crippen molar-refractivity contribution in [3.63, 3.8) is 0 Å². The first-order chi connectivity index (χ1) is 9.24. The topological polar surface area (TPSA) is 78.4 Å². The maximum Gasteiger partial charge on any atom is 0.315 e. The molecule has 0 spiro atoms. The van der Waals surface area contributed by atoms with Crippen LogP contribution in [0.1, 0.15) is 32.4 Å². The average Bonchev–Trinajstić information content (AvgIpc) is 2.36. The van der Waals surface area contributed by atoms with Gasteiger partial charge in [0.15, 0.2) is 0 Å². The van der Waals surface area contributed by atoms with Gasteiger partial charge >= 0.3 is 12.0 Å². The first-order valence-electron chi connectivity index (χ1n) is 6.26. The van der Waals surface area contributed by atoms with E-state index in [0.717, 1.165) is 0 Å². The van der Waals surface area contributed by atoms with Gasteiger partial charge in [0.2, 0.25) is 0 Å². The van der Waals surface area contributed by atoms with Crippen molar-refractivity contribution < 1.29 is 19.1 Å². The van der Waals surface area contributed by atoms with Gasteiger partial charge in [0.1, 0.15) is 5.82 Å². The van der Waals surface area contributed by atoms with Crippen LogP contribution in [0.2, 0.25) is 0 Å². The van der Waals surface area contributed by atoms with Crippen LogP contribution in [0.4, 0.5) is 9.18 Å². The summed E-state index contributed by atoms with van der Waals surface area (Å²) < 4.78 is 13.5. The number of nitrogens with one attached hydrogen (secondary N) is 2. The Morgan fingerprint density at radius 2 is 1.95 bits per heavy atom. The molecule has 1 unspecified atom stereocenters. The standard InChI is InChI=1S/C14H19FN2O3/c1-9(10-6-4-5-7-11(10)15)17-13(20)16-8-14(2,3)12(18)19/h4-7,9H,8H2,1-3H3,(H,18,19)(H2,16,17,20). The molecule has 0 aliphatic heterocycles. The molecule has 1 aromatic rings. The van der Waals surface area contributed by atoms with E-state index >= 15 is 0 Å². The number of carbonyl (C=O) groups is 2. The van der Waals surface area contributed by atoms with Gasteiger partial charge in [0.25, 0.3) is 0 Å². The molecule has 20 heavy (non-hydrogen) atoms. The van der Waals surface area contributed by atoms with Crippen molar-refractivity contribution in [3.05, 3.63) is 35.6 Å². The molecule has 5 nitrogen and oxygen atoms in total. The van der Waals surface area contributed by atoms with E-state index in [-0.39, 0.29) is 6.54 Å². The molecule has 110 valence electrons. The van der Waals surface area contributed by atoms with Crippen LogP contribution >= 0.6 is 0 Å². The number of rotatable bonds is 5. The first-order valence-corrected chi connectivity index (χ1v) is 6.26. The van der Waals surface area contributed by atoms with E-state index in [1.165, 1.54) is 19.9 Å². The number of urea groups is 1. The molecule has 1 rings (SSSR count). The van der Waals surface area contributed by atoms with Crippen molar-refractivity contribution in [2.24, 2.45) is 5.41 Å². The minimum atomic E-state index is -1.06. The van der Waals surface area contributed by atoms with E-state index in [1.54, 1.807) is 25.1 Å². The van der Waals surface area contributed by atoms with Gasteiger partial charge in [-0.15, -0.1) is 0 Å². The van der Waals surface area contributed by atoms with Crippen LogP contribution in [0.5, 0.6) is 0 Å². The van der Waals surface area contributed by atoms with Crippen molar-refractivity contribution in [1.29, 1.82) is 0 Å². The van der Waals surface area contributed by atoms with Gasteiger partial charge in [-0.2, -0.15) is 0 Å². The summed E-state index contributed by atoms with van der Waals surface area (Å²) in [7, 11) is 0. The van der Waals surface area contributed by atoms with Crippen molar-refractivity contribution in [1.82, 2.24) is 10.6 Å². The maximum atomic E-state index is 13.5. The molecule has 0 heterocycles. The molecule has 1 atom stereocenters. The largest absolute Gasteiger partial charge is 0.481 e. The van der Waals surface area contributed by atoms with Crippen LogP contribution in [-0.4, -0.2) is 23.7 Å². The molecule has 0 fully saturated rings. The minimum Gasteiger partial charge on any atom is -0.481 e. The zero-order chi connectivity index (χ0) is 15.3. The van der Waals surface area contributed by atoms with E-state index in [9.17, 15) is 14.0 Å². The molecular weight excluding hydrogens is 263 g/mol. The number of carbonyl (C=O) groups excluding carboxylic acids is 1. The number of aliphatic carboxylic acids is 1. The minimum absolute atomic E-state index is 0.0157. The Hall–Kier alpha value is -2.11. The van der Waals surface area contributed by atoms with Crippen molar-refractivity contribution in [3.8, 4) is 0 Å². The van der Waals surface area contributed by atoms with Gasteiger partial charge in [0.05, 0.1) is 11.5 Å². The lowest BCUT2D eigenvalue weighted by molar-refractivity contribution is -0.146. The van der Waals surface area contributed by atoms with E-state index in [1.807, 2.05) is 0 Å². The average molecular weight is 282 g/mol. The quantitative estimate of drug-likeness (QED) is 0.775. The van der Waals surface area contributed by atoms with Crippen LogP contribution in [-0.2, 0) is 4.79 Å². The van der Waals surface area contributed by atoms with Crippen molar-refractivity contribution >= 4 is 12.0 Å². The molecule has 0 aromatic heterocycles. The highest BCUT2D eigenvalue weighted by molar-refractivity contribution is 5.77. The second-order valence-electron chi connectivity index (χ2n) is 5.26. The summed E-state index contributed by atoms with van der Waals surface area (Å²) in [6, 6.07) is 5.11. The molecule has 0 aliphatic carbocycles. The lowest BCUT2D eigenvalue weighted by atomic mass is 9.94. The third-order valence-corrected chi connectivity index (χ3v) is 2.99. The predicted octanol–water partition coefficient (Wildman–Crippen LogP) is 2.30. The van der Waals surface area contributed by atoms with E-state index < -0.39 is 29.3 Å². The molecule has 0 radical (unpaired) electrons. The fourth-order valence-corrected chi connectivity index (χ4v) is 1.53. The fraction of sp³-hybridized carbons (Fsp3) is 0.429. The van der Waals surface area contributed by atoms with Gasteiger partial charge in [0, 0.05) is 12.1 Å². The van der Waals surface area contributed by atoms with Crippen LogP contribution in [0, 0.1) is 11.2 Å². The highest BCUT2D eigenvalue weighted by Gasteiger charge is 2.27. The summed E-state index contributed by atoms with van der Waals surface area (Å²) in [5.74, 6) is -1.40. The molecule has 0 saturated carbocycles. The Kier molecular flexibility index (Phi) is 5.07. The number of hydrogen-bond acceptors (Lipinski definition) is 2. The molecular formula is C14H19FN2O3. The Morgan fingerprint density at radius 1 is 1.35 bits per heavy atom. The number of amides is 2. The number of hydrogen-bond donors (Lipinski definition) is 3. The van der Waals surface area contributed by atoms with Crippen LogP contribution in [0.25, 0.3) is 0 Å². The Labute approximate surface area is 117 Å². The van der Waals surface area contributed by atoms with Crippen LogP contribution < -0.4 is 10.6 Å². The van der Waals surface area contributed by atoms with Gasteiger partial charge in [-0.3, -0.25) is 4.79 Å². The van der Waals surface area contributed by atoms with E-state index in [0.29, 0.717) is 5.56 Å². The smallest absolute Gasteiger partial charge is 0.315 e. The van der Waals surface area contributed by atoms with Crippen LogP contribution in [0.15, 0.2) is 24.3 Å². The number of carboxylic acids is 1. The van der Waals surface area contributed by atoms with Gasteiger partial charge in [-0.1, -0.05) is 18.2 Å². The molecule has 2 amide bonds. The highest BCUT2D eigenvalue weighted by Crippen LogP contribution is 2.16. The molecule has 0 aliphatic rings. The number of halogens is 1. The van der Waals surface area contributed by atoms with Gasteiger partial charge in [-0.05, 0) is 26.8 Å². The Bertz CT molecular complexity index is 503. The van der Waals surface area contributed by atoms with Crippen LogP contribution in [0.3, 0.4) is 0 Å². The fourth-order valence-electron chi connectivity index (χ4n) is 1.53. The summed E-state index contributed by atoms with van der Waals surface area (Å²) in [6.45, 7) is 4.66. The second-order valence-corrected chi connectivity index (χ2v) is 5.26. The zero-order valence-corrected chi connectivity index (χ0v) is 11.7. The Balaban J connectivity index is 2.55. The SMILES string of the molecule is CC(NC(=O)NCC(C)(C)C(=O)O)c1ccccc1F. The lowest BCUT2D eigenvalue weighted by Gasteiger charge is -2.21. The third kappa shape index (κ3) is 4.22. The van der Waals surface area contributed by atoms with Crippen molar-refractivity contribution in [2.75, 3.05) is 6.54 Å². The summed E-state index contributed by atoms with van der Waals surface area (Å²) in [5, 5.41) is 14.0. The predicted molar refractivity (Wildman–Crippen MR) is 72.8 cm³/mol. The third-order valence-electron chi connectivity index (χ3n) is 2.99. The zero-order valence-electron chi connectivity index (χ0n) is 11.7. The second kappa shape index (κ2) is 6.36. The molecule has 1 aromatic carbocycles. The number of carboxylic acid groups (broad SMARTS) is 1. The van der Waals surface area contributed by atoms with Gasteiger partial charge < -0.3 is 15.7 Å². The van der Waals surface area contributed by atoms with Crippen molar-refractivity contribution in [2.45, 2.75) is 26.8 Å². The molecule has 0 bridgehead atoms. The summed E-state index contributed by atoms with van der Waals surface area (Å²) >= 11 is 0. The molecule has 0 saturated heterocycles. The maximum absolute atomic E-state index is 13.5. The molecule has 6 heteroatoms. The summed E-state index contributed by atoms with van der Waals surface area (Å²) in [6.07, 6.45) is 0. The van der Waals surface area contributed by atoms with E-state index in [4.69, 9.17) is 5.11 Å². The summed E-state index contributed by atoms with van der Waals surface area (Å²) in [4.78, 5) is 22.6. The first kappa shape index (κ1) is 15.9. The van der Waals surface area contributed by atoms with Gasteiger partial charge in [-0.25, -0.2) is 9.18 Å². The van der Waals surface area contributed by atoms with E-state index in [2.05, 4.69) is 10.6 Å². The monoisotopic (exact) mass is 282 g/mol.